The molecule has 25 heavy (non-hydrogen) atoms. The van der Waals surface area contributed by atoms with E-state index in [0.717, 1.165) is 18.6 Å². The van der Waals surface area contributed by atoms with Gasteiger partial charge in [-0.15, -0.1) is 0 Å². The third-order valence-electron chi connectivity index (χ3n) is 3.65. The number of hydrogen-bond donors (Lipinski definition) is 2. The lowest BCUT2D eigenvalue weighted by Crippen LogP contribution is -2.26. The van der Waals surface area contributed by atoms with Crippen molar-refractivity contribution < 1.29 is 14.3 Å². The van der Waals surface area contributed by atoms with E-state index in [2.05, 4.69) is 15.6 Å². The third kappa shape index (κ3) is 4.79. The summed E-state index contributed by atoms with van der Waals surface area (Å²) >= 11 is 0. The van der Waals surface area contributed by atoms with Crippen LogP contribution in [-0.2, 0) is 0 Å². The Morgan fingerprint density at radius 1 is 1.12 bits per heavy atom. The lowest BCUT2D eigenvalue weighted by molar-refractivity contribution is 0.0946. The van der Waals surface area contributed by atoms with Gasteiger partial charge in [0, 0.05) is 23.5 Å². The lowest BCUT2D eigenvalue weighted by atomic mass is 10.2. The molecule has 0 unspecified atom stereocenters. The number of carbonyl (C=O) groups is 2. The van der Waals surface area contributed by atoms with Gasteiger partial charge in [-0.25, -0.2) is 0 Å². The highest BCUT2D eigenvalue weighted by molar-refractivity contribution is 6.05. The van der Waals surface area contributed by atoms with Gasteiger partial charge in [-0.3, -0.25) is 14.6 Å². The van der Waals surface area contributed by atoms with E-state index < -0.39 is 0 Å². The molecule has 1 aromatic carbocycles. The van der Waals surface area contributed by atoms with Crippen LogP contribution in [0.1, 0.15) is 47.5 Å². The van der Waals surface area contributed by atoms with Crippen LogP contribution in [0.4, 0.5) is 5.69 Å². The summed E-state index contributed by atoms with van der Waals surface area (Å²) in [5.74, 6) is 0.212. The van der Waals surface area contributed by atoms with Gasteiger partial charge in [0.1, 0.15) is 11.4 Å². The molecular weight excluding hydrogens is 318 g/mol. The van der Waals surface area contributed by atoms with E-state index >= 15 is 0 Å². The summed E-state index contributed by atoms with van der Waals surface area (Å²) in [5.41, 5.74) is 1.29. The summed E-state index contributed by atoms with van der Waals surface area (Å²) in [6, 6.07) is 10.5. The molecule has 1 aliphatic carbocycles. The molecule has 6 nitrogen and oxygen atoms in total. The number of pyridine rings is 1. The number of amides is 2. The molecule has 2 N–H and O–H groups in total. The van der Waals surface area contributed by atoms with E-state index in [1.54, 1.807) is 30.3 Å². The van der Waals surface area contributed by atoms with Crippen LogP contribution in [0.15, 0.2) is 42.6 Å². The zero-order valence-electron chi connectivity index (χ0n) is 14.3. The third-order valence-corrected chi connectivity index (χ3v) is 3.65. The molecule has 1 aromatic heterocycles. The molecule has 3 rings (SSSR count). The summed E-state index contributed by atoms with van der Waals surface area (Å²) in [6.07, 6.45) is 3.57. The van der Waals surface area contributed by atoms with Crippen molar-refractivity contribution in [1.29, 1.82) is 0 Å². The van der Waals surface area contributed by atoms with E-state index in [-0.39, 0.29) is 29.7 Å². The topological polar surface area (TPSA) is 80.3 Å². The second-order valence-corrected chi connectivity index (χ2v) is 6.32. The van der Waals surface area contributed by atoms with E-state index in [1.165, 1.54) is 12.3 Å². The van der Waals surface area contributed by atoms with Crippen LogP contribution < -0.4 is 15.4 Å². The quantitative estimate of drug-likeness (QED) is 0.848. The van der Waals surface area contributed by atoms with Crippen LogP contribution in [0.3, 0.4) is 0 Å². The second-order valence-electron chi connectivity index (χ2n) is 6.32. The van der Waals surface area contributed by atoms with Crippen LogP contribution in [0, 0.1) is 0 Å². The van der Waals surface area contributed by atoms with Crippen LogP contribution >= 0.6 is 0 Å². The van der Waals surface area contributed by atoms with Gasteiger partial charge in [-0.1, -0.05) is 0 Å². The molecule has 0 atom stereocenters. The first-order valence-corrected chi connectivity index (χ1v) is 8.36. The van der Waals surface area contributed by atoms with Gasteiger partial charge >= 0.3 is 0 Å². The summed E-state index contributed by atoms with van der Waals surface area (Å²) in [6.45, 7) is 3.91. The molecule has 1 aliphatic rings. The van der Waals surface area contributed by atoms with Crippen molar-refractivity contribution in [2.24, 2.45) is 0 Å². The maximum Gasteiger partial charge on any atom is 0.270 e. The monoisotopic (exact) mass is 339 g/mol. The van der Waals surface area contributed by atoms with Crippen molar-refractivity contribution >= 4 is 17.5 Å². The van der Waals surface area contributed by atoms with E-state index in [9.17, 15) is 9.59 Å². The SMILES string of the molecule is CC(C)Oc1ccc(NC(=O)c2ccnc(C(=O)NC3CC3)c2)cc1. The molecule has 0 radical (unpaired) electrons. The van der Waals surface area contributed by atoms with Crippen LogP contribution in [0.2, 0.25) is 0 Å². The van der Waals surface area contributed by atoms with Gasteiger partial charge in [0.25, 0.3) is 11.8 Å². The Kier molecular flexibility index (Phi) is 4.97. The molecule has 0 aliphatic heterocycles. The Hall–Kier alpha value is -2.89. The van der Waals surface area contributed by atoms with Gasteiger partial charge in [0.15, 0.2) is 0 Å². The predicted molar refractivity (Wildman–Crippen MR) is 94.9 cm³/mol. The maximum atomic E-state index is 12.4. The van der Waals surface area contributed by atoms with Crippen molar-refractivity contribution in [3.05, 3.63) is 53.9 Å². The highest BCUT2D eigenvalue weighted by Gasteiger charge is 2.24. The number of rotatable bonds is 6. The minimum atomic E-state index is -0.291. The molecule has 130 valence electrons. The predicted octanol–water partition coefficient (Wildman–Crippen LogP) is 3.01. The number of aromatic nitrogens is 1. The minimum Gasteiger partial charge on any atom is -0.491 e. The van der Waals surface area contributed by atoms with E-state index in [4.69, 9.17) is 4.74 Å². The molecule has 6 heteroatoms. The van der Waals surface area contributed by atoms with Gasteiger partial charge in [-0.2, -0.15) is 0 Å². The highest BCUT2D eigenvalue weighted by Crippen LogP contribution is 2.20. The van der Waals surface area contributed by atoms with Crippen molar-refractivity contribution in [1.82, 2.24) is 10.3 Å². The normalized spacial score (nSPS) is 13.4. The Morgan fingerprint density at radius 2 is 1.84 bits per heavy atom. The highest BCUT2D eigenvalue weighted by atomic mass is 16.5. The first kappa shape index (κ1) is 17.0. The number of nitrogens with zero attached hydrogens (tertiary/aromatic N) is 1. The van der Waals surface area contributed by atoms with Gasteiger partial charge in [-0.05, 0) is 63.1 Å². The van der Waals surface area contributed by atoms with Crippen LogP contribution in [-0.4, -0.2) is 28.9 Å². The number of benzene rings is 1. The summed E-state index contributed by atoms with van der Waals surface area (Å²) in [5, 5.41) is 5.66. The average Bonchev–Trinajstić information content (AvgIpc) is 3.40. The Bertz CT molecular complexity index is 768. The Balaban J connectivity index is 1.65. The van der Waals surface area contributed by atoms with Crippen LogP contribution in [0.25, 0.3) is 0 Å². The smallest absolute Gasteiger partial charge is 0.270 e. The Labute approximate surface area is 146 Å². The summed E-state index contributed by atoms with van der Waals surface area (Å²) in [7, 11) is 0. The molecule has 2 aromatic rings. The van der Waals surface area contributed by atoms with Crippen molar-refractivity contribution in [2.45, 2.75) is 38.8 Å². The van der Waals surface area contributed by atoms with E-state index in [0.29, 0.717) is 11.3 Å². The molecule has 1 heterocycles. The van der Waals surface area contributed by atoms with E-state index in [1.807, 2.05) is 13.8 Å². The fraction of sp³-hybridized carbons (Fsp3) is 0.316. The molecule has 0 saturated heterocycles. The zero-order chi connectivity index (χ0) is 17.8. The van der Waals surface area contributed by atoms with Crippen LogP contribution in [0.5, 0.6) is 5.75 Å². The largest absolute Gasteiger partial charge is 0.491 e. The number of carbonyl (C=O) groups excluding carboxylic acids is 2. The zero-order valence-corrected chi connectivity index (χ0v) is 14.3. The molecule has 1 fully saturated rings. The average molecular weight is 339 g/mol. The van der Waals surface area contributed by atoms with Crippen molar-refractivity contribution in [3.8, 4) is 5.75 Å². The molecule has 1 saturated carbocycles. The minimum absolute atomic E-state index is 0.0949. The number of ether oxygens (including phenoxy) is 1. The summed E-state index contributed by atoms with van der Waals surface area (Å²) in [4.78, 5) is 28.5. The summed E-state index contributed by atoms with van der Waals surface area (Å²) < 4.78 is 5.57. The standard InChI is InChI=1S/C19H21N3O3/c1-12(2)25-16-7-5-15(6-8-16)21-18(23)13-9-10-20-17(11-13)19(24)22-14-3-4-14/h5-12,14H,3-4H2,1-2H3,(H,21,23)(H,22,24). The van der Waals surface area contributed by atoms with Gasteiger partial charge in [0.2, 0.25) is 0 Å². The van der Waals surface area contributed by atoms with Gasteiger partial charge < -0.3 is 15.4 Å². The maximum absolute atomic E-state index is 12.4. The second kappa shape index (κ2) is 7.34. The Morgan fingerprint density at radius 3 is 2.48 bits per heavy atom. The first-order valence-electron chi connectivity index (χ1n) is 8.36. The van der Waals surface area contributed by atoms with Crippen molar-refractivity contribution in [3.63, 3.8) is 0 Å². The molecule has 2 amide bonds. The molecule has 0 bridgehead atoms. The first-order chi connectivity index (χ1) is 12.0. The fourth-order valence-corrected chi connectivity index (χ4v) is 2.28. The lowest BCUT2D eigenvalue weighted by Gasteiger charge is -2.11. The molecular formula is C19H21N3O3. The number of nitrogens with one attached hydrogen (secondary N) is 2. The molecule has 0 spiro atoms. The fourth-order valence-electron chi connectivity index (χ4n) is 2.28. The number of anilines is 1. The number of hydrogen-bond acceptors (Lipinski definition) is 4. The van der Waals surface area contributed by atoms with Crippen molar-refractivity contribution in [2.75, 3.05) is 5.32 Å². The van der Waals surface area contributed by atoms with Gasteiger partial charge in [0.05, 0.1) is 6.10 Å².